The molecule has 0 aromatic rings. The second-order valence-electron chi connectivity index (χ2n) is 4.38. The van der Waals surface area contributed by atoms with Crippen LogP contribution in [0.25, 0.3) is 0 Å². The largest absolute Gasteiger partial charge is 0.409 e. The summed E-state index contributed by atoms with van der Waals surface area (Å²) in [6.07, 6.45) is 0.374. The Balaban J connectivity index is 4.27. The van der Waals surface area contributed by atoms with Crippen LogP contribution >= 0.6 is 0 Å². The number of ether oxygens (including phenoxy) is 1. The van der Waals surface area contributed by atoms with Gasteiger partial charge in [0, 0.05) is 19.0 Å². The molecule has 0 bridgehead atoms. The molecule has 0 aliphatic rings. The zero-order valence-corrected chi connectivity index (χ0v) is 11.0. The van der Waals surface area contributed by atoms with Gasteiger partial charge in [-0.15, -0.1) is 0 Å². The van der Waals surface area contributed by atoms with E-state index < -0.39 is 0 Å². The molecular weight excluding hydrogens is 222 g/mol. The summed E-state index contributed by atoms with van der Waals surface area (Å²) in [5, 5.41) is 11.3. The number of nitrogens with zero attached hydrogens (tertiary/aromatic N) is 2. The Morgan fingerprint density at radius 2 is 2.00 bits per heavy atom. The van der Waals surface area contributed by atoms with Crippen LogP contribution in [0.4, 0.5) is 0 Å². The minimum absolute atomic E-state index is 0.0250. The summed E-state index contributed by atoms with van der Waals surface area (Å²) in [7, 11) is 0. The first-order valence-electron chi connectivity index (χ1n) is 5.76. The number of carbonyl (C=O) groups is 1. The summed E-state index contributed by atoms with van der Waals surface area (Å²) in [4.78, 5) is 13.5. The van der Waals surface area contributed by atoms with Crippen molar-refractivity contribution in [1.29, 1.82) is 0 Å². The van der Waals surface area contributed by atoms with Crippen molar-refractivity contribution in [2.45, 2.75) is 46.3 Å². The van der Waals surface area contributed by atoms with E-state index in [0.29, 0.717) is 13.0 Å². The molecule has 3 N–H and O–H groups in total. The van der Waals surface area contributed by atoms with Gasteiger partial charge in [-0.25, -0.2) is 0 Å². The van der Waals surface area contributed by atoms with Crippen LogP contribution < -0.4 is 5.73 Å². The van der Waals surface area contributed by atoms with Gasteiger partial charge in [-0.2, -0.15) is 0 Å². The second kappa shape index (κ2) is 7.89. The van der Waals surface area contributed by atoms with E-state index in [4.69, 9.17) is 15.7 Å². The van der Waals surface area contributed by atoms with E-state index in [9.17, 15) is 4.79 Å². The third-order valence-corrected chi connectivity index (χ3v) is 2.22. The third-order valence-electron chi connectivity index (χ3n) is 2.22. The van der Waals surface area contributed by atoms with Crippen molar-refractivity contribution in [3.8, 4) is 0 Å². The number of hydrogen-bond acceptors (Lipinski definition) is 4. The van der Waals surface area contributed by atoms with Gasteiger partial charge in [-0.05, 0) is 27.7 Å². The molecule has 0 rings (SSSR count). The van der Waals surface area contributed by atoms with Gasteiger partial charge in [-0.1, -0.05) is 5.16 Å². The van der Waals surface area contributed by atoms with E-state index >= 15 is 0 Å². The molecule has 0 atom stereocenters. The van der Waals surface area contributed by atoms with Crippen molar-refractivity contribution >= 4 is 11.7 Å². The minimum atomic E-state index is -0.0839. The minimum Gasteiger partial charge on any atom is -0.409 e. The average Bonchev–Trinajstić information content (AvgIpc) is 2.25. The number of amides is 1. The maximum Gasteiger partial charge on any atom is 0.248 e. The SMILES string of the molecule is CC(C)OCC(=O)N(CCC(N)=NO)C(C)C. The van der Waals surface area contributed by atoms with E-state index in [0.717, 1.165) is 0 Å². The lowest BCUT2D eigenvalue weighted by Crippen LogP contribution is -2.41. The Kier molecular flexibility index (Phi) is 7.29. The molecular formula is C11H23N3O3. The normalized spacial score (nSPS) is 12.2. The number of oxime groups is 1. The highest BCUT2D eigenvalue weighted by Gasteiger charge is 2.17. The number of nitrogens with two attached hydrogens (primary N) is 1. The molecule has 0 aliphatic carbocycles. The van der Waals surface area contributed by atoms with Crippen molar-refractivity contribution in [2.24, 2.45) is 10.9 Å². The third kappa shape index (κ3) is 6.78. The standard InChI is InChI=1S/C11H23N3O3/c1-8(2)14(6-5-10(12)13-16)11(15)7-17-9(3)4/h8-9,16H,5-7H2,1-4H3,(H2,12,13). The van der Waals surface area contributed by atoms with Crippen LogP contribution in [0.2, 0.25) is 0 Å². The first-order valence-corrected chi connectivity index (χ1v) is 5.76. The molecule has 0 saturated heterocycles. The number of amidine groups is 1. The Morgan fingerprint density at radius 3 is 2.41 bits per heavy atom. The van der Waals surface area contributed by atoms with Gasteiger partial charge < -0.3 is 20.6 Å². The van der Waals surface area contributed by atoms with Gasteiger partial charge in [0.2, 0.25) is 5.91 Å². The predicted octanol–water partition coefficient (Wildman–Crippen LogP) is 0.785. The Bertz CT molecular complexity index is 265. The second-order valence-corrected chi connectivity index (χ2v) is 4.38. The molecule has 6 heteroatoms. The lowest BCUT2D eigenvalue weighted by atomic mass is 10.2. The number of carbonyl (C=O) groups excluding carboxylic acids is 1. The van der Waals surface area contributed by atoms with Crippen LogP contribution in [0.5, 0.6) is 0 Å². The molecule has 0 aromatic heterocycles. The van der Waals surface area contributed by atoms with Crippen molar-refractivity contribution in [3.05, 3.63) is 0 Å². The first-order chi connectivity index (χ1) is 7.88. The summed E-state index contributed by atoms with van der Waals surface area (Å²) in [5.41, 5.74) is 5.37. The van der Waals surface area contributed by atoms with Crippen LogP contribution in [0.3, 0.4) is 0 Å². The lowest BCUT2D eigenvalue weighted by Gasteiger charge is -2.26. The van der Waals surface area contributed by atoms with Crippen LogP contribution in [-0.4, -0.2) is 47.1 Å². The monoisotopic (exact) mass is 245 g/mol. The maximum atomic E-state index is 11.8. The summed E-state index contributed by atoms with van der Waals surface area (Å²) in [6, 6.07) is 0.0600. The smallest absolute Gasteiger partial charge is 0.248 e. The fraction of sp³-hybridized carbons (Fsp3) is 0.818. The van der Waals surface area contributed by atoms with Crippen LogP contribution in [-0.2, 0) is 9.53 Å². The van der Waals surface area contributed by atoms with Gasteiger partial charge >= 0.3 is 0 Å². The van der Waals surface area contributed by atoms with Gasteiger partial charge in [0.1, 0.15) is 12.4 Å². The molecule has 0 spiro atoms. The van der Waals surface area contributed by atoms with Crippen molar-refractivity contribution in [2.75, 3.05) is 13.2 Å². The Labute approximate surface area is 102 Å². The van der Waals surface area contributed by atoms with Gasteiger partial charge in [0.15, 0.2) is 0 Å². The highest BCUT2D eigenvalue weighted by Crippen LogP contribution is 2.02. The highest BCUT2D eigenvalue weighted by molar-refractivity contribution is 5.81. The zero-order valence-electron chi connectivity index (χ0n) is 11.0. The summed E-state index contributed by atoms with van der Waals surface area (Å²) in [6.45, 7) is 8.08. The lowest BCUT2D eigenvalue weighted by molar-refractivity contribution is -0.139. The summed E-state index contributed by atoms with van der Waals surface area (Å²) in [5.74, 6) is 0.0349. The number of hydrogen-bond donors (Lipinski definition) is 2. The van der Waals surface area contributed by atoms with Crippen LogP contribution in [0.1, 0.15) is 34.1 Å². The van der Waals surface area contributed by atoms with E-state index in [2.05, 4.69) is 5.16 Å². The van der Waals surface area contributed by atoms with Crippen LogP contribution in [0.15, 0.2) is 5.16 Å². The van der Waals surface area contributed by atoms with E-state index in [-0.39, 0.29) is 30.5 Å². The number of rotatable bonds is 7. The molecule has 0 unspecified atom stereocenters. The molecule has 17 heavy (non-hydrogen) atoms. The topological polar surface area (TPSA) is 88.2 Å². The van der Waals surface area contributed by atoms with Gasteiger partial charge in [0.25, 0.3) is 0 Å². The van der Waals surface area contributed by atoms with Crippen LogP contribution in [0, 0.1) is 0 Å². The molecule has 0 fully saturated rings. The van der Waals surface area contributed by atoms with Gasteiger partial charge in [0.05, 0.1) is 6.10 Å². The van der Waals surface area contributed by atoms with Gasteiger partial charge in [-0.3, -0.25) is 4.79 Å². The molecule has 0 radical (unpaired) electrons. The predicted molar refractivity (Wildman–Crippen MR) is 66.0 cm³/mol. The van der Waals surface area contributed by atoms with Crippen molar-refractivity contribution in [3.63, 3.8) is 0 Å². The maximum absolute atomic E-state index is 11.8. The summed E-state index contributed by atoms with van der Waals surface area (Å²) < 4.78 is 5.27. The fourth-order valence-electron chi connectivity index (χ4n) is 1.28. The Hall–Kier alpha value is -1.30. The fourth-order valence-corrected chi connectivity index (χ4v) is 1.28. The van der Waals surface area contributed by atoms with E-state index in [1.165, 1.54) is 0 Å². The molecule has 100 valence electrons. The molecule has 1 amide bonds. The molecule has 0 aliphatic heterocycles. The van der Waals surface area contributed by atoms with E-state index in [1.54, 1.807) is 4.90 Å². The first kappa shape index (κ1) is 15.7. The Morgan fingerprint density at radius 1 is 1.41 bits per heavy atom. The molecule has 6 nitrogen and oxygen atoms in total. The quantitative estimate of drug-likeness (QED) is 0.300. The van der Waals surface area contributed by atoms with Crippen molar-refractivity contribution in [1.82, 2.24) is 4.90 Å². The zero-order chi connectivity index (χ0) is 13.4. The van der Waals surface area contributed by atoms with Crippen molar-refractivity contribution < 1.29 is 14.7 Å². The summed E-state index contributed by atoms with van der Waals surface area (Å²) >= 11 is 0. The molecule has 0 heterocycles. The molecule has 0 saturated carbocycles. The highest BCUT2D eigenvalue weighted by atomic mass is 16.5. The van der Waals surface area contributed by atoms with E-state index in [1.807, 2.05) is 27.7 Å². The average molecular weight is 245 g/mol. The molecule has 0 aromatic carbocycles.